The molecule has 5 nitrogen and oxygen atoms in total. The number of hydrogen-bond donors (Lipinski definition) is 2. The van der Waals surface area contributed by atoms with Gasteiger partial charge in [0.25, 0.3) is 0 Å². The predicted octanol–water partition coefficient (Wildman–Crippen LogP) is 1.33. The first-order chi connectivity index (χ1) is 8.56. The van der Waals surface area contributed by atoms with Crippen LogP contribution in [0.15, 0.2) is 18.5 Å². The summed E-state index contributed by atoms with van der Waals surface area (Å²) in [5.41, 5.74) is 5.64. The van der Waals surface area contributed by atoms with Crippen molar-refractivity contribution in [3.05, 3.63) is 35.9 Å². The van der Waals surface area contributed by atoms with E-state index in [0.717, 1.165) is 12.1 Å². The molecule has 2 rings (SSSR count). The molecule has 0 aliphatic rings. The number of nitrogens with one attached hydrogen (secondary N) is 1. The molecule has 0 spiro atoms. The van der Waals surface area contributed by atoms with E-state index in [1.165, 1.54) is 0 Å². The number of halogens is 2. The van der Waals surface area contributed by atoms with Gasteiger partial charge in [-0.3, -0.25) is 4.68 Å². The molecular formula is C11H13F2N5. The van der Waals surface area contributed by atoms with Gasteiger partial charge >= 0.3 is 0 Å². The Morgan fingerprint density at radius 1 is 1.39 bits per heavy atom. The molecule has 0 radical (unpaired) electrons. The van der Waals surface area contributed by atoms with Crippen molar-refractivity contribution in [2.24, 2.45) is 7.05 Å². The van der Waals surface area contributed by atoms with Crippen molar-refractivity contribution in [2.45, 2.75) is 6.42 Å². The van der Waals surface area contributed by atoms with Crippen LogP contribution < -0.4 is 11.1 Å². The third kappa shape index (κ3) is 2.73. The summed E-state index contributed by atoms with van der Waals surface area (Å²) in [4.78, 5) is 4.04. The standard InChI is InChI=1S/C11H13F2N5/c1-18-6-16-10(17-18)2-3-15-9-5-7(12)4-8(13)11(9)14/h4-6,15H,2-3,14H2,1H3. The number of aryl methyl sites for hydroxylation is 1. The summed E-state index contributed by atoms with van der Waals surface area (Å²) in [5, 5.41) is 6.94. The number of nitrogens with zero attached hydrogens (tertiary/aromatic N) is 3. The van der Waals surface area contributed by atoms with Gasteiger partial charge in [-0.1, -0.05) is 0 Å². The average molecular weight is 253 g/mol. The van der Waals surface area contributed by atoms with E-state index in [0.29, 0.717) is 18.8 Å². The minimum absolute atomic E-state index is 0.0922. The van der Waals surface area contributed by atoms with Crippen molar-refractivity contribution in [2.75, 3.05) is 17.6 Å². The van der Waals surface area contributed by atoms with Gasteiger partial charge in [0.1, 0.15) is 12.1 Å². The number of aromatic nitrogens is 3. The number of benzene rings is 1. The number of anilines is 2. The Morgan fingerprint density at radius 3 is 2.83 bits per heavy atom. The molecule has 1 aromatic carbocycles. The first kappa shape index (κ1) is 12.3. The topological polar surface area (TPSA) is 68.8 Å². The Balaban J connectivity index is 1.98. The Labute approximate surface area is 103 Å². The monoisotopic (exact) mass is 253 g/mol. The summed E-state index contributed by atoms with van der Waals surface area (Å²) in [5.74, 6) is -0.783. The van der Waals surface area contributed by atoms with Gasteiger partial charge in [0, 0.05) is 26.1 Å². The van der Waals surface area contributed by atoms with Crippen LogP contribution >= 0.6 is 0 Å². The van der Waals surface area contributed by atoms with Crippen LogP contribution in [0.5, 0.6) is 0 Å². The first-order valence-electron chi connectivity index (χ1n) is 5.39. The fraction of sp³-hybridized carbons (Fsp3) is 0.273. The van der Waals surface area contributed by atoms with Gasteiger partial charge in [-0.25, -0.2) is 13.8 Å². The van der Waals surface area contributed by atoms with Gasteiger partial charge in [0.05, 0.1) is 11.4 Å². The lowest BCUT2D eigenvalue weighted by molar-refractivity contribution is 0.587. The lowest BCUT2D eigenvalue weighted by Gasteiger charge is -2.09. The minimum atomic E-state index is -0.770. The van der Waals surface area contributed by atoms with Gasteiger partial charge in [-0.05, 0) is 6.07 Å². The summed E-state index contributed by atoms with van der Waals surface area (Å²) >= 11 is 0. The largest absolute Gasteiger partial charge is 0.395 e. The molecule has 0 atom stereocenters. The highest BCUT2D eigenvalue weighted by Crippen LogP contribution is 2.23. The molecule has 3 N–H and O–H groups in total. The van der Waals surface area contributed by atoms with E-state index in [-0.39, 0.29) is 11.4 Å². The quantitative estimate of drug-likeness (QED) is 0.806. The van der Waals surface area contributed by atoms with Crippen molar-refractivity contribution in [3.8, 4) is 0 Å². The summed E-state index contributed by atoms with van der Waals surface area (Å²) in [6.45, 7) is 0.442. The van der Waals surface area contributed by atoms with Crippen LogP contribution in [0.4, 0.5) is 20.2 Å². The van der Waals surface area contributed by atoms with Gasteiger partial charge in [-0.2, -0.15) is 5.10 Å². The molecule has 0 saturated carbocycles. The molecule has 0 aliphatic carbocycles. The Hall–Kier alpha value is -2.18. The number of rotatable bonds is 4. The zero-order valence-corrected chi connectivity index (χ0v) is 9.82. The van der Waals surface area contributed by atoms with E-state index in [9.17, 15) is 8.78 Å². The lowest BCUT2D eigenvalue weighted by Crippen LogP contribution is -2.09. The highest BCUT2D eigenvalue weighted by atomic mass is 19.1. The molecule has 7 heteroatoms. The highest BCUT2D eigenvalue weighted by Gasteiger charge is 2.08. The van der Waals surface area contributed by atoms with Crippen LogP contribution in [-0.2, 0) is 13.5 Å². The van der Waals surface area contributed by atoms with Gasteiger partial charge < -0.3 is 11.1 Å². The van der Waals surface area contributed by atoms with Crippen LogP contribution in [0, 0.1) is 11.6 Å². The van der Waals surface area contributed by atoms with Gasteiger partial charge in [0.2, 0.25) is 0 Å². The molecule has 2 aromatic rings. The van der Waals surface area contributed by atoms with Gasteiger partial charge in [-0.15, -0.1) is 0 Å². The van der Waals surface area contributed by atoms with E-state index in [4.69, 9.17) is 5.73 Å². The maximum atomic E-state index is 13.2. The van der Waals surface area contributed by atoms with Crippen LogP contribution in [0.3, 0.4) is 0 Å². The Bertz CT molecular complexity index is 552. The molecule has 1 aromatic heterocycles. The maximum Gasteiger partial charge on any atom is 0.152 e. The zero-order valence-electron chi connectivity index (χ0n) is 9.82. The predicted molar refractivity (Wildman–Crippen MR) is 64.0 cm³/mol. The summed E-state index contributed by atoms with van der Waals surface area (Å²) in [6.07, 6.45) is 2.13. The smallest absolute Gasteiger partial charge is 0.152 e. The van der Waals surface area contributed by atoms with Crippen molar-refractivity contribution in [1.82, 2.24) is 14.8 Å². The second kappa shape index (κ2) is 4.99. The molecule has 0 bridgehead atoms. The average Bonchev–Trinajstić information content (AvgIpc) is 2.71. The van der Waals surface area contributed by atoms with Crippen molar-refractivity contribution in [3.63, 3.8) is 0 Å². The molecule has 18 heavy (non-hydrogen) atoms. The second-order valence-electron chi connectivity index (χ2n) is 3.86. The van der Waals surface area contributed by atoms with Gasteiger partial charge in [0.15, 0.2) is 11.6 Å². The molecule has 0 fully saturated rings. The van der Waals surface area contributed by atoms with Crippen LogP contribution in [-0.4, -0.2) is 21.3 Å². The molecule has 0 amide bonds. The summed E-state index contributed by atoms with van der Waals surface area (Å²) in [6, 6.07) is 1.91. The van der Waals surface area contributed by atoms with E-state index in [2.05, 4.69) is 15.4 Å². The van der Waals surface area contributed by atoms with E-state index in [1.54, 1.807) is 18.1 Å². The minimum Gasteiger partial charge on any atom is -0.395 e. The third-order valence-corrected chi connectivity index (χ3v) is 2.41. The third-order valence-electron chi connectivity index (χ3n) is 2.41. The van der Waals surface area contributed by atoms with Crippen molar-refractivity contribution >= 4 is 11.4 Å². The number of nitrogen functional groups attached to an aromatic ring is 1. The fourth-order valence-electron chi connectivity index (χ4n) is 1.54. The summed E-state index contributed by atoms with van der Waals surface area (Å²) in [7, 11) is 1.77. The zero-order chi connectivity index (χ0) is 13.1. The molecule has 96 valence electrons. The number of nitrogens with two attached hydrogens (primary N) is 1. The van der Waals surface area contributed by atoms with E-state index in [1.807, 2.05) is 0 Å². The van der Waals surface area contributed by atoms with Crippen molar-refractivity contribution in [1.29, 1.82) is 0 Å². The second-order valence-corrected chi connectivity index (χ2v) is 3.86. The molecule has 0 aliphatic heterocycles. The molecule has 1 heterocycles. The molecule has 0 saturated heterocycles. The molecular weight excluding hydrogens is 240 g/mol. The van der Waals surface area contributed by atoms with Crippen LogP contribution in [0.1, 0.15) is 5.82 Å². The molecule has 0 unspecified atom stereocenters. The lowest BCUT2D eigenvalue weighted by atomic mass is 10.2. The van der Waals surface area contributed by atoms with E-state index >= 15 is 0 Å². The van der Waals surface area contributed by atoms with Crippen LogP contribution in [0.2, 0.25) is 0 Å². The number of hydrogen-bond acceptors (Lipinski definition) is 4. The Kier molecular flexibility index (Phi) is 3.40. The van der Waals surface area contributed by atoms with E-state index < -0.39 is 11.6 Å². The first-order valence-corrected chi connectivity index (χ1v) is 5.39. The maximum absolute atomic E-state index is 13.2. The fourth-order valence-corrected chi connectivity index (χ4v) is 1.54. The Morgan fingerprint density at radius 2 is 2.17 bits per heavy atom. The normalized spacial score (nSPS) is 10.6. The van der Waals surface area contributed by atoms with Crippen LogP contribution in [0.25, 0.3) is 0 Å². The highest BCUT2D eigenvalue weighted by molar-refractivity contribution is 5.66. The summed E-state index contributed by atoms with van der Waals surface area (Å²) < 4.78 is 27.7. The SMILES string of the molecule is Cn1cnc(CCNc2cc(F)cc(F)c2N)n1. The van der Waals surface area contributed by atoms with Crippen molar-refractivity contribution < 1.29 is 8.78 Å².